The van der Waals surface area contributed by atoms with Gasteiger partial charge in [0.2, 0.25) is 0 Å². The SMILES string of the molecule is O=C(OC1CCOCC1)C1COC1. The smallest absolute Gasteiger partial charge is 0.313 e. The van der Waals surface area contributed by atoms with Gasteiger partial charge in [0.05, 0.1) is 26.4 Å². The molecule has 0 saturated carbocycles. The second kappa shape index (κ2) is 4.07. The fraction of sp³-hybridized carbons (Fsp3) is 0.889. The van der Waals surface area contributed by atoms with Gasteiger partial charge in [0, 0.05) is 12.8 Å². The fourth-order valence-electron chi connectivity index (χ4n) is 1.43. The lowest BCUT2D eigenvalue weighted by Crippen LogP contribution is -2.38. The van der Waals surface area contributed by atoms with Crippen molar-refractivity contribution in [2.24, 2.45) is 5.92 Å². The Kier molecular flexibility index (Phi) is 2.80. The van der Waals surface area contributed by atoms with E-state index in [4.69, 9.17) is 14.2 Å². The van der Waals surface area contributed by atoms with E-state index < -0.39 is 0 Å². The highest BCUT2D eigenvalue weighted by Crippen LogP contribution is 2.16. The van der Waals surface area contributed by atoms with Crippen LogP contribution in [0.3, 0.4) is 0 Å². The minimum Gasteiger partial charge on any atom is -0.462 e. The van der Waals surface area contributed by atoms with Gasteiger partial charge < -0.3 is 14.2 Å². The average Bonchev–Trinajstić information content (AvgIpc) is 2.02. The van der Waals surface area contributed by atoms with Crippen molar-refractivity contribution < 1.29 is 19.0 Å². The molecule has 2 heterocycles. The number of ether oxygens (including phenoxy) is 3. The van der Waals surface area contributed by atoms with E-state index >= 15 is 0 Å². The van der Waals surface area contributed by atoms with Crippen molar-refractivity contribution in [2.45, 2.75) is 18.9 Å². The van der Waals surface area contributed by atoms with E-state index in [0.717, 1.165) is 12.8 Å². The van der Waals surface area contributed by atoms with Crippen molar-refractivity contribution in [1.82, 2.24) is 0 Å². The second-order valence-electron chi connectivity index (χ2n) is 3.48. The Morgan fingerprint density at radius 2 is 1.85 bits per heavy atom. The third-order valence-electron chi connectivity index (χ3n) is 2.42. The second-order valence-corrected chi connectivity index (χ2v) is 3.48. The number of hydrogen-bond donors (Lipinski definition) is 0. The minimum absolute atomic E-state index is 0.0113. The lowest BCUT2D eigenvalue weighted by molar-refractivity contribution is -0.172. The van der Waals surface area contributed by atoms with Crippen LogP contribution in [0.2, 0.25) is 0 Å². The Bertz CT molecular complexity index is 182. The monoisotopic (exact) mass is 186 g/mol. The zero-order valence-corrected chi connectivity index (χ0v) is 7.53. The van der Waals surface area contributed by atoms with Gasteiger partial charge in [0.25, 0.3) is 0 Å². The van der Waals surface area contributed by atoms with Gasteiger partial charge in [0.15, 0.2) is 0 Å². The molecular weight excluding hydrogens is 172 g/mol. The van der Waals surface area contributed by atoms with Gasteiger partial charge in [-0.3, -0.25) is 4.79 Å². The molecule has 4 nitrogen and oxygen atoms in total. The van der Waals surface area contributed by atoms with E-state index in [9.17, 15) is 4.79 Å². The summed E-state index contributed by atoms with van der Waals surface area (Å²) in [5.41, 5.74) is 0. The van der Waals surface area contributed by atoms with Crippen LogP contribution in [0.25, 0.3) is 0 Å². The Morgan fingerprint density at radius 1 is 1.15 bits per heavy atom. The molecule has 2 fully saturated rings. The van der Waals surface area contributed by atoms with Crippen molar-refractivity contribution in [1.29, 1.82) is 0 Å². The van der Waals surface area contributed by atoms with Crippen LogP contribution in [0.1, 0.15) is 12.8 Å². The van der Waals surface area contributed by atoms with Gasteiger partial charge in [-0.05, 0) is 0 Å². The van der Waals surface area contributed by atoms with Crippen LogP contribution in [-0.2, 0) is 19.0 Å². The molecule has 2 saturated heterocycles. The molecule has 0 aliphatic carbocycles. The van der Waals surface area contributed by atoms with E-state index in [1.807, 2.05) is 0 Å². The molecule has 2 aliphatic rings. The van der Waals surface area contributed by atoms with E-state index in [1.54, 1.807) is 0 Å². The molecule has 0 amide bonds. The highest BCUT2D eigenvalue weighted by molar-refractivity contribution is 5.73. The van der Waals surface area contributed by atoms with Gasteiger partial charge in [-0.1, -0.05) is 0 Å². The summed E-state index contributed by atoms with van der Waals surface area (Å²) >= 11 is 0. The highest BCUT2D eigenvalue weighted by Gasteiger charge is 2.30. The molecule has 0 atom stereocenters. The van der Waals surface area contributed by atoms with Crippen molar-refractivity contribution in [3.63, 3.8) is 0 Å². The Balaban J connectivity index is 1.72. The molecule has 0 aromatic carbocycles. The lowest BCUT2D eigenvalue weighted by atomic mass is 10.1. The van der Waals surface area contributed by atoms with Crippen LogP contribution in [0.5, 0.6) is 0 Å². The molecule has 0 N–H and O–H groups in total. The van der Waals surface area contributed by atoms with Crippen LogP contribution >= 0.6 is 0 Å². The molecule has 0 aromatic heterocycles. The summed E-state index contributed by atoms with van der Waals surface area (Å²) in [6, 6.07) is 0. The first-order chi connectivity index (χ1) is 6.36. The molecule has 13 heavy (non-hydrogen) atoms. The largest absolute Gasteiger partial charge is 0.462 e. The maximum atomic E-state index is 11.4. The maximum absolute atomic E-state index is 11.4. The first kappa shape index (κ1) is 8.97. The topological polar surface area (TPSA) is 44.8 Å². The normalized spacial score (nSPS) is 25.2. The van der Waals surface area contributed by atoms with Gasteiger partial charge in [-0.2, -0.15) is 0 Å². The molecule has 0 radical (unpaired) electrons. The summed E-state index contributed by atoms with van der Waals surface area (Å²) in [7, 11) is 0. The third-order valence-corrected chi connectivity index (χ3v) is 2.42. The van der Waals surface area contributed by atoms with Gasteiger partial charge in [0.1, 0.15) is 12.0 Å². The maximum Gasteiger partial charge on any atom is 0.313 e. The predicted octanol–water partition coefficient (Wildman–Crippen LogP) is 0.355. The van der Waals surface area contributed by atoms with Crippen LogP contribution in [0.15, 0.2) is 0 Å². The minimum atomic E-state index is -0.0989. The van der Waals surface area contributed by atoms with Crippen LogP contribution in [0.4, 0.5) is 0 Å². The summed E-state index contributed by atoms with van der Waals surface area (Å²) in [6.45, 7) is 2.47. The Morgan fingerprint density at radius 3 is 2.38 bits per heavy atom. The van der Waals surface area contributed by atoms with Crippen molar-refractivity contribution >= 4 is 5.97 Å². The quantitative estimate of drug-likeness (QED) is 0.584. The summed E-state index contributed by atoms with van der Waals surface area (Å²) in [6.07, 6.45) is 1.74. The van der Waals surface area contributed by atoms with Crippen LogP contribution < -0.4 is 0 Å². The van der Waals surface area contributed by atoms with Gasteiger partial charge in [-0.15, -0.1) is 0 Å². The summed E-state index contributed by atoms with van der Waals surface area (Å²) in [4.78, 5) is 11.4. The zero-order chi connectivity index (χ0) is 9.10. The number of esters is 1. The molecule has 0 bridgehead atoms. The van der Waals surface area contributed by atoms with E-state index in [2.05, 4.69) is 0 Å². The molecule has 0 spiro atoms. The van der Waals surface area contributed by atoms with Gasteiger partial charge >= 0.3 is 5.97 Å². The fourth-order valence-corrected chi connectivity index (χ4v) is 1.43. The van der Waals surface area contributed by atoms with E-state index in [1.165, 1.54) is 0 Å². The summed E-state index contributed by atoms with van der Waals surface area (Å²) in [5, 5.41) is 0. The van der Waals surface area contributed by atoms with Crippen LogP contribution in [0, 0.1) is 5.92 Å². The molecule has 0 unspecified atom stereocenters. The van der Waals surface area contributed by atoms with E-state index in [-0.39, 0.29) is 18.0 Å². The zero-order valence-electron chi connectivity index (χ0n) is 7.53. The molecule has 74 valence electrons. The molecule has 2 rings (SSSR count). The molecule has 2 aliphatic heterocycles. The average molecular weight is 186 g/mol. The number of carbonyl (C=O) groups is 1. The number of hydrogen-bond acceptors (Lipinski definition) is 4. The first-order valence-corrected chi connectivity index (χ1v) is 4.72. The number of carbonyl (C=O) groups excluding carboxylic acids is 1. The molecular formula is C9H14O4. The molecule has 0 aromatic rings. The Hall–Kier alpha value is -0.610. The molecule has 4 heteroatoms. The van der Waals surface area contributed by atoms with Crippen molar-refractivity contribution in [3.05, 3.63) is 0 Å². The third kappa shape index (κ3) is 2.19. The predicted molar refractivity (Wildman–Crippen MR) is 44.2 cm³/mol. The standard InChI is InChI=1S/C9H14O4/c10-9(7-5-12-6-7)13-8-1-3-11-4-2-8/h7-8H,1-6H2. The van der Waals surface area contributed by atoms with Crippen molar-refractivity contribution in [2.75, 3.05) is 26.4 Å². The van der Waals surface area contributed by atoms with Crippen LogP contribution in [-0.4, -0.2) is 38.5 Å². The van der Waals surface area contributed by atoms with Crippen molar-refractivity contribution in [3.8, 4) is 0 Å². The Labute approximate surface area is 77.1 Å². The highest BCUT2D eigenvalue weighted by atomic mass is 16.6. The van der Waals surface area contributed by atoms with E-state index in [0.29, 0.717) is 26.4 Å². The van der Waals surface area contributed by atoms with Gasteiger partial charge in [-0.25, -0.2) is 0 Å². The summed E-state index contributed by atoms with van der Waals surface area (Å²) < 4.78 is 15.4. The number of rotatable bonds is 2. The first-order valence-electron chi connectivity index (χ1n) is 4.72. The summed E-state index contributed by atoms with van der Waals surface area (Å²) in [5.74, 6) is -0.110. The lowest BCUT2D eigenvalue weighted by Gasteiger charge is -2.28.